The Labute approximate surface area is 161 Å². The van der Waals surface area contributed by atoms with Crippen LogP contribution in [0.15, 0.2) is 35.3 Å². The monoisotopic (exact) mass is 408 g/mol. The summed E-state index contributed by atoms with van der Waals surface area (Å²) < 4.78 is 5.45. The highest BCUT2D eigenvalue weighted by atomic mass is 35.5. The first-order valence-corrected chi connectivity index (χ1v) is 8.06. The molecule has 0 saturated carbocycles. The summed E-state index contributed by atoms with van der Waals surface area (Å²) in [7, 11) is 0. The van der Waals surface area contributed by atoms with Crippen molar-refractivity contribution in [3.8, 4) is 5.75 Å². The summed E-state index contributed by atoms with van der Waals surface area (Å²) in [6.45, 7) is 1.57. The molecule has 0 saturated heterocycles. The molecule has 1 unspecified atom stereocenters. The zero-order valence-electron chi connectivity index (χ0n) is 13.2. The van der Waals surface area contributed by atoms with Gasteiger partial charge >= 0.3 is 0 Å². The molecule has 0 aliphatic rings. The minimum Gasteiger partial charge on any atom is -0.489 e. The molecule has 7 nitrogen and oxygen atoms in total. The molecule has 1 aromatic carbocycles. The van der Waals surface area contributed by atoms with Gasteiger partial charge in [-0.05, 0) is 12.1 Å². The second-order valence-corrected chi connectivity index (χ2v) is 5.74. The number of halogens is 3. The summed E-state index contributed by atoms with van der Waals surface area (Å²) in [6.07, 6.45) is 0.766. The summed E-state index contributed by atoms with van der Waals surface area (Å²) in [6, 6.07) is 7.09. The van der Waals surface area contributed by atoms with Crippen molar-refractivity contribution in [2.45, 2.75) is 6.10 Å². The Hall–Kier alpha value is -1.51. The van der Waals surface area contributed by atoms with E-state index in [1.165, 1.54) is 6.20 Å². The minimum absolute atomic E-state index is 0. The number of aliphatic hydroxyl groups is 1. The summed E-state index contributed by atoms with van der Waals surface area (Å²) in [5, 5.41) is 22.4. The van der Waals surface area contributed by atoms with E-state index in [1.54, 1.807) is 12.1 Å². The van der Waals surface area contributed by atoms with Gasteiger partial charge in [0.2, 0.25) is 0 Å². The lowest BCUT2D eigenvalue weighted by atomic mass is 10.3. The van der Waals surface area contributed by atoms with Crippen LogP contribution in [0, 0.1) is 0 Å². The van der Waals surface area contributed by atoms with Crippen molar-refractivity contribution in [2.24, 2.45) is 0 Å². The molecule has 0 radical (unpaired) electrons. The largest absolute Gasteiger partial charge is 0.489 e. The molecule has 1 atom stereocenters. The van der Waals surface area contributed by atoms with Crippen LogP contribution in [0.2, 0.25) is 10.0 Å². The number of para-hydroxylation sites is 1. The van der Waals surface area contributed by atoms with E-state index in [2.05, 4.69) is 20.8 Å². The predicted molar refractivity (Wildman–Crippen MR) is 101 cm³/mol. The first kappa shape index (κ1) is 21.5. The molecular weight excluding hydrogens is 391 g/mol. The van der Waals surface area contributed by atoms with Crippen LogP contribution in [-0.2, 0) is 0 Å². The third kappa shape index (κ3) is 7.09. The van der Waals surface area contributed by atoms with Gasteiger partial charge in [-0.1, -0.05) is 35.3 Å². The molecule has 0 fully saturated rings. The summed E-state index contributed by atoms with van der Waals surface area (Å²) in [5.74, 6) is 0.538. The zero-order valence-corrected chi connectivity index (χ0v) is 15.5. The minimum atomic E-state index is -0.675. The third-order valence-corrected chi connectivity index (χ3v) is 3.75. The van der Waals surface area contributed by atoms with Crippen molar-refractivity contribution in [3.63, 3.8) is 0 Å². The quantitative estimate of drug-likeness (QED) is 0.472. The Kier molecular flexibility index (Phi) is 9.62. The summed E-state index contributed by atoms with van der Waals surface area (Å²) in [5.41, 5.74) is 0.0200. The first-order valence-electron chi connectivity index (χ1n) is 7.31. The maximum atomic E-state index is 11.3. The van der Waals surface area contributed by atoms with Gasteiger partial charge in [0.1, 0.15) is 23.5 Å². The van der Waals surface area contributed by atoms with Crippen molar-refractivity contribution in [1.29, 1.82) is 0 Å². The number of benzene rings is 1. The average molecular weight is 410 g/mol. The first-order chi connectivity index (χ1) is 11.6. The molecule has 0 aliphatic carbocycles. The van der Waals surface area contributed by atoms with Crippen molar-refractivity contribution in [2.75, 3.05) is 31.6 Å². The molecule has 0 spiro atoms. The number of nitrogens with zero attached hydrogens (tertiary/aromatic N) is 1. The van der Waals surface area contributed by atoms with Crippen molar-refractivity contribution in [3.05, 3.63) is 50.9 Å². The van der Waals surface area contributed by atoms with Crippen LogP contribution in [0.5, 0.6) is 5.75 Å². The number of aromatic amines is 1. The zero-order chi connectivity index (χ0) is 17.4. The van der Waals surface area contributed by atoms with Crippen LogP contribution >= 0.6 is 35.6 Å². The lowest BCUT2D eigenvalue weighted by Crippen LogP contribution is -2.34. The van der Waals surface area contributed by atoms with E-state index in [-0.39, 0.29) is 24.0 Å². The van der Waals surface area contributed by atoms with Gasteiger partial charge in [0, 0.05) is 19.6 Å². The molecule has 138 valence electrons. The summed E-state index contributed by atoms with van der Waals surface area (Å²) in [4.78, 5) is 11.3. The van der Waals surface area contributed by atoms with Gasteiger partial charge in [-0.25, -0.2) is 5.10 Å². The number of H-pyrrole nitrogens is 1. The smallest absolute Gasteiger partial charge is 0.285 e. The predicted octanol–water partition coefficient (Wildman–Crippen LogP) is 1.94. The second-order valence-electron chi connectivity index (χ2n) is 4.95. The van der Waals surface area contributed by atoms with Gasteiger partial charge in [-0.2, -0.15) is 5.10 Å². The maximum Gasteiger partial charge on any atom is 0.285 e. The molecule has 25 heavy (non-hydrogen) atoms. The van der Waals surface area contributed by atoms with Gasteiger partial charge in [-0.3, -0.25) is 4.79 Å². The molecular formula is C15H19Cl3N4O3. The molecule has 0 amide bonds. The number of aromatic nitrogens is 2. The Bertz CT molecular complexity index is 714. The highest BCUT2D eigenvalue weighted by Gasteiger charge is 2.07. The molecule has 1 aromatic heterocycles. The number of aliphatic hydroxyl groups excluding tert-OH is 1. The fraction of sp³-hybridized carbons (Fsp3) is 0.333. The molecule has 10 heteroatoms. The topological polar surface area (TPSA) is 99.3 Å². The van der Waals surface area contributed by atoms with E-state index in [9.17, 15) is 9.90 Å². The van der Waals surface area contributed by atoms with Crippen LogP contribution in [-0.4, -0.2) is 47.6 Å². The highest BCUT2D eigenvalue weighted by Crippen LogP contribution is 2.23. The highest BCUT2D eigenvalue weighted by molar-refractivity contribution is 6.33. The lowest BCUT2D eigenvalue weighted by Gasteiger charge is -2.14. The molecule has 0 bridgehead atoms. The van der Waals surface area contributed by atoms with E-state index in [0.717, 1.165) is 0 Å². The van der Waals surface area contributed by atoms with E-state index >= 15 is 0 Å². The van der Waals surface area contributed by atoms with Crippen LogP contribution in [0.4, 0.5) is 5.69 Å². The second kappa shape index (κ2) is 11.2. The van der Waals surface area contributed by atoms with E-state index in [4.69, 9.17) is 27.9 Å². The number of ether oxygens (including phenoxy) is 1. The van der Waals surface area contributed by atoms with E-state index < -0.39 is 11.7 Å². The van der Waals surface area contributed by atoms with Crippen molar-refractivity contribution in [1.82, 2.24) is 15.5 Å². The Morgan fingerprint density at radius 1 is 1.28 bits per heavy atom. The number of nitrogens with one attached hydrogen (secondary N) is 3. The number of hydrogen-bond donors (Lipinski definition) is 4. The molecule has 2 aromatic rings. The van der Waals surface area contributed by atoms with Crippen molar-refractivity contribution >= 4 is 41.3 Å². The van der Waals surface area contributed by atoms with Crippen LogP contribution < -0.4 is 20.9 Å². The molecule has 4 N–H and O–H groups in total. The Morgan fingerprint density at radius 3 is 2.80 bits per heavy atom. The van der Waals surface area contributed by atoms with E-state index in [1.807, 2.05) is 12.1 Å². The van der Waals surface area contributed by atoms with Crippen molar-refractivity contribution < 1.29 is 9.84 Å². The van der Waals surface area contributed by atoms with Gasteiger partial charge in [0.15, 0.2) is 0 Å². The van der Waals surface area contributed by atoms with Gasteiger partial charge in [-0.15, -0.1) is 12.4 Å². The van der Waals surface area contributed by atoms with Crippen LogP contribution in [0.25, 0.3) is 0 Å². The number of anilines is 1. The van der Waals surface area contributed by atoms with E-state index in [0.29, 0.717) is 36.1 Å². The third-order valence-electron chi connectivity index (χ3n) is 3.06. The standard InChI is InChI=1S/C15H18Cl2N4O3.ClH/c16-11-3-1-2-4-13(11)24-9-10(22)7-18-5-6-19-12-8-20-21-15(23)14(12)17;/h1-4,8,10,18,22H,5-7,9H2,(H2,19,21,23);1H. The molecule has 0 aliphatic heterocycles. The van der Waals surface area contributed by atoms with Gasteiger partial charge in [0.25, 0.3) is 5.56 Å². The number of rotatable bonds is 9. The number of hydrogen-bond acceptors (Lipinski definition) is 6. The Morgan fingerprint density at radius 2 is 2.04 bits per heavy atom. The fourth-order valence-electron chi connectivity index (χ4n) is 1.87. The molecule has 2 rings (SSSR count). The lowest BCUT2D eigenvalue weighted by molar-refractivity contribution is 0.107. The van der Waals surface area contributed by atoms with Crippen LogP contribution in [0.3, 0.4) is 0 Å². The summed E-state index contributed by atoms with van der Waals surface area (Å²) >= 11 is 11.8. The Balaban J connectivity index is 0.00000312. The molecule has 1 heterocycles. The normalized spacial score (nSPS) is 11.5. The maximum absolute atomic E-state index is 11.3. The van der Waals surface area contributed by atoms with Gasteiger partial charge in [0.05, 0.1) is 16.9 Å². The average Bonchev–Trinajstić information content (AvgIpc) is 2.57. The fourth-order valence-corrected chi connectivity index (χ4v) is 2.22. The van der Waals surface area contributed by atoms with Crippen LogP contribution in [0.1, 0.15) is 0 Å². The van der Waals surface area contributed by atoms with Gasteiger partial charge < -0.3 is 20.5 Å². The SMILES string of the molecule is Cl.O=c1[nH]ncc(NCCNCC(O)COc2ccccc2Cl)c1Cl.